The van der Waals surface area contributed by atoms with Crippen molar-refractivity contribution in [2.75, 3.05) is 32.7 Å². The summed E-state index contributed by atoms with van der Waals surface area (Å²) in [6.45, 7) is 6.92. The lowest BCUT2D eigenvalue weighted by molar-refractivity contribution is -0.138. The molecule has 1 atom stereocenters. The number of benzene rings is 1. The van der Waals surface area contributed by atoms with Crippen LogP contribution in [0.3, 0.4) is 0 Å². The summed E-state index contributed by atoms with van der Waals surface area (Å²) in [7, 11) is 0. The summed E-state index contributed by atoms with van der Waals surface area (Å²) < 4.78 is 5.33. The molecule has 2 aromatic rings. The van der Waals surface area contributed by atoms with Crippen molar-refractivity contribution in [1.82, 2.24) is 20.0 Å². The van der Waals surface area contributed by atoms with Gasteiger partial charge in [0.15, 0.2) is 5.76 Å². The Morgan fingerprint density at radius 1 is 1.03 bits per heavy atom. The number of amides is 3. The molecule has 0 bridgehead atoms. The van der Waals surface area contributed by atoms with Crippen LogP contribution in [-0.2, 0) is 22.6 Å². The fraction of sp³-hybridized carbons (Fsp3) is 0.458. The first kappa shape index (κ1) is 22.1. The largest absolute Gasteiger partial charge is 0.459 e. The van der Waals surface area contributed by atoms with E-state index in [-0.39, 0.29) is 29.5 Å². The average molecular weight is 439 g/mol. The molecule has 1 fully saturated rings. The summed E-state index contributed by atoms with van der Waals surface area (Å²) in [4.78, 5) is 44.2. The molecule has 0 aliphatic carbocycles. The quantitative estimate of drug-likeness (QED) is 0.765. The van der Waals surface area contributed by atoms with Crippen molar-refractivity contribution in [3.8, 4) is 0 Å². The first-order valence-electron chi connectivity index (χ1n) is 11.1. The predicted molar refractivity (Wildman–Crippen MR) is 119 cm³/mol. The molecule has 1 unspecified atom stereocenters. The van der Waals surface area contributed by atoms with Gasteiger partial charge in [0.1, 0.15) is 6.04 Å². The zero-order chi connectivity index (χ0) is 22.7. The van der Waals surface area contributed by atoms with Crippen molar-refractivity contribution >= 4 is 17.7 Å². The highest BCUT2D eigenvalue weighted by molar-refractivity contribution is 5.96. The van der Waals surface area contributed by atoms with E-state index in [0.29, 0.717) is 45.7 Å². The van der Waals surface area contributed by atoms with E-state index in [9.17, 15) is 14.4 Å². The van der Waals surface area contributed by atoms with Crippen LogP contribution in [0.15, 0.2) is 47.1 Å². The van der Waals surface area contributed by atoms with Crippen LogP contribution >= 0.6 is 0 Å². The molecule has 4 rings (SSSR count). The van der Waals surface area contributed by atoms with Crippen molar-refractivity contribution < 1.29 is 18.8 Å². The Morgan fingerprint density at radius 3 is 2.41 bits per heavy atom. The Hall–Kier alpha value is -3.13. The highest BCUT2D eigenvalue weighted by atomic mass is 16.3. The van der Waals surface area contributed by atoms with Crippen molar-refractivity contribution in [2.45, 2.75) is 38.9 Å². The molecule has 8 heteroatoms. The normalized spacial score (nSPS) is 19.0. The van der Waals surface area contributed by atoms with Gasteiger partial charge < -0.3 is 19.5 Å². The smallest absolute Gasteiger partial charge is 0.290 e. The van der Waals surface area contributed by atoms with E-state index in [1.54, 1.807) is 17.0 Å². The van der Waals surface area contributed by atoms with Gasteiger partial charge in [-0.25, -0.2) is 0 Å². The Kier molecular flexibility index (Phi) is 6.60. The maximum absolute atomic E-state index is 13.5. The van der Waals surface area contributed by atoms with Gasteiger partial charge in [-0.05, 0) is 37.1 Å². The average Bonchev–Trinajstić information content (AvgIpc) is 3.32. The lowest BCUT2D eigenvalue weighted by Gasteiger charge is -2.41. The van der Waals surface area contributed by atoms with Gasteiger partial charge in [-0.15, -0.1) is 0 Å². The van der Waals surface area contributed by atoms with E-state index in [1.807, 2.05) is 43.0 Å². The molecule has 8 nitrogen and oxygen atoms in total. The number of fused-ring (bicyclic) bond motifs is 1. The first-order chi connectivity index (χ1) is 15.4. The summed E-state index contributed by atoms with van der Waals surface area (Å²) in [6.07, 6.45) is 1.95. The standard InChI is InChI=1S/C24H30N4O4/c1-17(2)25-22(29)16-26-9-11-27(12-10-26)23(30)20-14-18-6-3-4-7-19(18)15-28(20)24(31)21-8-5-13-32-21/h3-8,13,17,20H,9-12,14-16H2,1-2H3,(H,25,29). The second kappa shape index (κ2) is 9.56. The van der Waals surface area contributed by atoms with Gasteiger partial charge in [0.2, 0.25) is 11.8 Å². The summed E-state index contributed by atoms with van der Waals surface area (Å²) in [5.74, 6) is -0.0837. The van der Waals surface area contributed by atoms with Gasteiger partial charge >= 0.3 is 0 Å². The molecule has 1 N–H and O–H groups in total. The molecule has 1 aromatic carbocycles. The van der Waals surface area contributed by atoms with Crippen molar-refractivity contribution in [1.29, 1.82) is 0 Å². The minimum Gasteiger partial charge on any atom is -0.459 e. The van der Waals surface area contributed by atoms with Crippen LogP contribution < -0.4 is 5.32 Å². The fourth-order valence-electron chi connectivity index (χ4n) is 4.41. The van der Waals surface area contributed by atoms with Crippen LogP contribution in [0.5, 0.6) is 0 Å². The molecule has 0 radical (unpaired) electrons. The van der Waals surface area contributed by atoms with E-state index in [4.69, 9.17) is 4.42 Å². The summed E-state index contributed by atoms with van der Waals surface area (Å²) in [6, 6.07) is 10.8. The molecule has 170 valence electrons. The zero-order valence-corrected chi connectivity index (χ0v) is 18.6. The second-order valence-electron chi connectivity index (χ2n) is 8.72. The second-order valence-corrected chi connectivity index (χ2v) is 8.72. The topological polar surface area (TPSA) is 86.1 Å². The zero-order valence-electron chi connectivity index (χ0n) is 18.6. The summed E-state index contributed by atoms with van der Waals surface area (Å²) in [5, 5.41) is 2.90. The van der Waals surface area contributed by atoms with Gasteiger partial charge in [-0.3, -0.25) is 19.3 Å². The number of furan rings is 1. The number of nitrogens with one attached hydrogen (secondary N) is 1. The third kappa shape index (κ3) is 4.85. The maximum atomic E-state index is 13.5. The first-order valence-corrected chi connectivity index (χ1v) is 11.1. The Labute approximate surface area is 188 Å². The number of carbonyl (C=O) groups excluding carboxylic acids is 3. The monoisotopic (exact) mass is 438 g/mol. The SMILES string of the molecule is CC(C)NC(=O)CN1CCN(C(=O)C2Cc3ccccc3CN2C(=O)c2ccco2)CC1. The number of hydrogen-bond donors (Lipinski definition) is 1. The minimum atomic E-state index is -0.571. The van der Waals surface area contributed by atoms with Crippen LogP contribution in [0.2, 0.25) is 0 Å². The van der Waals surface area contributed by atoms with Crippen LogP contribution in [0.1, 0.15) is 35.5 Å². The van der Waals surface area contributed by atoms with Crippen molar-refractivity contribution in [3.63, 3.8) is 0 Å². The van der Waals surface area contributed by atoms with E-state index in [2.05, 4.69) is 10.2 Å². The molecule has 1 saturated heterocycles. The van der Waals surface area contributed by atoms with Crippen LogP contribution in [0, 0.1) is 0 Å². The molecule has 1 aromatic heterocycles. The highest BCUT2D eigenvalue weighted by Crippen LogP contribution is 2.26. The third-order valence-corrected chi connectivity index (χ3v) is 6.03. The third-order valence-electron chi connectivity index (χ3n) is 6.03. The molecule has 3 heterocycles. The highest BCUT2D eigenvalue weighted by Gasteiger charge is 2.38. The van der Waals surface area contributed by atoms with Crippen molar-refractivity contribution in [2.24, 2.45) is 0 Å². The van der Waals surface area contributed by atoms with E-state index >= 15 is 0 Å². The number of hydrogen-bond acceptors (Lipinski definition) is 5. The molecule has 2 aliphatic rings. The summed E-state index contributed by atoms with van der Waals surface area (Å²) in [5.41, 5.74) is 2.15. The van der Waals surface area contributed by atoms with Crippen LogP contribution in [0.25, 0.3) is 0 Å². The summed E-state index contributed by atoms with van der Waals surface area (Å²) >= 11 is 0. The van der Waals surface area contributed by atoms with Crippen LogP contribution in [0.4, 0.5) is 0 Å². The molecular formula is C24H30N4O4. The van der Waals surface area contributed by atoms with Gasteiger partial charge in [-0.1, -0.05) is 24.3 Å². The van der Waals surface area contributed by atoms with Gasteiger partial charge in [0.05, 0.1) is 12.8 Å². The lowest BCUT2D eigenvalue weighted by atomic mass is 9.92. The van der Waals surface area contributed by atoms with Gasteiger partial charge in [0.25, 0.3) is 5.91 Å². The minimum absolute atomic E-state index is 0.00103. The van der Waals surface area contributed by atoms with Crippen LogP contribution in [-0.4, -0.2) is 77.2 Å². The number of piperazine rings is 1. The fourth-order valence-corrected chi connectivity index (χ4v) is 4.41. The number of nitrogens with zero attached hydrogens (tertiary/aromatic N) is 3. The van der Waals surface area contributed by atoms with Gasteiger partial charge in [-0.2, -0.15) is 0 Å². The Bertz CT molecular complexity index is 964. The molecule has 2 aliphatic heterocycles. The molecule has 0 saturated carbocycles. The Morgan fingerprint density at radius 2 is 1.75 bits per heavy atom. The van der Waals surface area contributed by atoms with E-state index in [1.165, 1.54) is 6.26 Å². The van der Waals surface area contributed by atoms with Crippen molar-refractivity contribution in [3.05, 3.63) is 59.5 Å². The molecule has 0 spiro atoms. The lowest BCUT2D eigenvalue weighted by Crippen LogP contribution is -2.58. The van der Waals surface area contributed by atoms with E-state index < -0.39 is 6.04 Å². The predicted octanol–water partition coefficient (Wildman–Crippen LogP) is 1.52. The van der Waals surface area contributed by atoms with E-state index in [0.717, 1.165) is 11.1 Å². The molecular weight excluding hydrogens is 408 g/mol. The molecule has 32 heavy (non-hydrogen) atoms. The number of rotatable bonds is 5. The number of carbonyl (C=O) groups is 3. The maximum Gasteiger partial charge on any atom is 0.290 e. The Balaban J connectivity index is 1.45. The molecule has 3 amide bonds. The van der Waals surface area contributed by atoms with Gasteiger partial charge in [0, 0.05) is 45.2 Å².